The third-order valence-corrected chi connectivity index (χ3v) is 6.45. The van der Waals surface area contributed by atoms with Gasteiger partial charge in [0.05, 0.1) is 27.1 Å². The average Bonchev–Trinajstić information content (AvgIpc) is 2.78. The Morgan fingerprint density at radius 1 is 1.16 bits per heavy atom. The van der Waals surface area contributed by atoms with E-state index in [0.717, 1.165) is 5.56 Å². The molecular formula is C23H17Cl2N3O3S. The number of nitriles is 1. The minimum atomic E-state index is -1.19. The minimum Gasteiger partial charge on any atom is -0.478 e. The Hall–Kier alpha value is -3.05. The van der Waals surface area contributed by atoms with Gasteiger partial charge in [-0.2, -0.15) is 5.26 Å². The SMILES string of the molecule is CCC(Sc1nc(-c2ccc(Cl)cc2)ccc1C#N)C(=O)Nc1ccc(Cl)c(C(=O)O)c1. The first-order chi connectivity index (χ1) is 15.3. The molecule has 0 aliphatic rings. The molecule has 2 N–H and O–H groups in total. The molecule has 32 heavy (non-hydrogen) atoms. The lowest BCUT2D eigenvalue weighted by Gasteiger charge is -2.16. The fourth-order valence-corrected chi connectivity index (χ4v) is 4.16. The molecule has 0 bridgehead atoms. The number of carbonyl (C=O) groups is 2. The molecule has 9 heteroatoms. The van der Waals surface area contributed by atoms with Crippen molar-refractivity contribution in [3.8, 4) is 17.3 Å². The molecule has 1 aromatic heterocycles. The van der Waals surface area contributed by atoms with Crippen LogP contribution < -0.4 is 5.32 Å². The highest BCUT2D eigenvalue weighted by Crippen LogP contribution is 2.31. The zero-order valence-electron chi connectivity index (χ0n) is 16.8. The average molecular weight is 486 g/mol. The van der Waals surface area contributed by atoms with Gasteiger partial charge in [-0.05, 0) is 48.9 Å². The van der Waals surface area contributed by atoms with Gasteiger partial charge in [-0.15, -0.1) is 0 Å². The van der Waals surface area contributed by atoms with E-state index in [1.54, 1.807) is 24.3 Å². The van der Waals surface area contributed by atoms with Gasteiger partial charge in [0.2, 0.25) is 5.91 Å². The number of carboxylic acid groups (broad SMARTS) is 1. The molecule has 0 aliphatic heterocycles. The number of anilines is 1. The summed E-state index contributed by atoms with van der Waals surface area (Å²) in [6.07, 6.45) is 0.466. The van der Waals surface area contributed by atoms with Gasteiger partial charge in [-0.3, -0.25) is 4.79 Å². The van der Waals surface area contributed by atoms with Crippen molar-refractivity contribution < 1.29 is 14.7 Å². The third-order valence-electron chi connectivity index (χ3n) is 4.50. The Morgan fingerprint density at radius 2 is 1.88 bits per heavy atom. The van der Waals surface area contributed by atoms with Crippen LogP contribution in [0.5, 0.6) is 0 Å². The molecule has 1 amide bonds. The molecule has 162 valence electrons. The first kappa shape index (κ1) is 23.6. The van der Waals surface area contributed by atoms with Crippen molar-refractivity contribution in [1.82, 2.24) is 4.98 Å². The number of halogens is 2. The van der Waals surface area contributed by atoms with Gasteiger partial charge >= 0.3 is 5.97 Å². The maximum Gasteiger partial charge on any atom is 0.337 e. The van der Waals surface area contributed by atoms with Gasteiger partial charge in [0.15, 0.2) is 0 Å². The smallest absolute Gasteiger partial charge is 0.337 e. The number of aromatic carboxylic acids is 1. The third kappa shape index (κ3) is 5.60. The van der Waals surface area contributed by atoms with E-state index in [1.807, 2.05) is 19.1 Å². The van der Waals surface area contributed by atoms with Crippen LogP contribution in [0, 0.1) is 11.3 Å². The molecule has 6 nitrogen and oxygen atoms in total. The highest BCUT2D eigenvalue weighted by Gasteiger charge is 2.22. The predicted molar refractivity (Wildman–Crippen MR) is 126 cm³/mol. The highest BCUT2D eigenvalue weighted by atomic mass is 35.5. The number of hydrogen-bond acceptors (Lipinski definition) is 5. The Bertz CT molecular complexity index is 1210. The van der Waals surface area contributed by atoms with Gasteiger partial charge in [0.25, 0.3) is 0 Å². The van der Waals surface area contributed by atoms with Crippen LogP contribution in [-0.2, 0) is 4.79 Å². The molecule has 0 aliphatic carbocycles. The normalized spacial score (nSPS) is 11.4. The number of thioether (sulfide) groups is 1. The van der Waals surface area contributed by atoms with Crippen LogP contribution >= 0.6 is 35.0 Å². The second kappa shape index (κ2) is 10.5. The maximum absolute atomic E-state index is 12.9. The van der Waals surface area contributed by atoms with Crippen LogP contribution in [0.2, 0.25) is 10.0 Å². The molecule has 0 spiro atoms. The monoisotopic (exact) mass is 485 g/mol. The highest BCUT2D eigenvalue weighted by molar-refractivity contribution is 8.00. The van der Waals surface area contributed by atoms with E-state index in [1.165, 1.54) is 30.0 Å². The molecule has 0 saturated heterocycles. The predicted octanol–water partition coefficient (Wildman–Crippen LogP) is 6.13. The van der Waals surface area contributed by atoms with E-state index in [4.69, 9.17) is 23.2 Å². The number of aromatic nitrogens is 1. The topological polar surface area (TPSA) is 103 Å². The van der Waals surface area contributed by atoms with E-state index in [-0.39, 0.29) is 16.5 Å². The summed E-state index contributed by atoms with van der Waals surface area (Å²) in [5.41, 5.74) is 2.06. The first-order valence-corrected chi connectivity index (χ1v) is 11.1. The quantitative estimate of drug-likeness (QED) is 0.389. The fraction of sp³-hybridized carbons (Fsp3) is 0.130. The largest absolute Gasteiger partial charge is 0.478 e. The van der Waals surface area contributed by atoms with E-state index in [0.29, 0.717) is 33.4 Å². The van der Waals surface area contributed by atoms with Crippen LogP contribution in [0.3, 0.4) is 0 Å². The second-order valence-electron chi connectivity index (χ2n) is 6.67. The standard InChI is InChI=1S/C23H17Cl2N3O3S/c1-2-20(21(29)27-16-8-9-18(25)17(11-16)23(30)31)32-22-14(12-26)5-10-19(28-22)13-3-6-15(24)7-4-13/h3-11,20H,2H2,1H3,(H,27,29)(H,30,31). The lowest BCUT2D eigenvalue weighted by atomic mass is 10.1. The zero-order valence-corrected chi connectivity index (χ0v) is 19.1. The summed E-state index contributed by atoms with van der Waals surface area (Å²) in [6.45, 7) is 1.84. The number of pyridine rings is 1. The number of benzene rings is 2. The molecule has 1 heterocycles. The molecule has 2 aromatic carbocycles. The lowest BCUT2D eigenvalue weighted by molar-refractivity contribution is -0.115. The molecule has 1 unspecified atom stereocenters. The number of hydrogen-bond donors (Lipinski definition) is 2. The number of carboxylic acids is 1. The molecule has 3 rings (SSSR count). The molecule has 1 atom stereocenters. The van der Waals surface area contributed by atoms with Crippen LogP contribution in [0.25, 0.3) is 11.3 Å². The van der Waals surface area contributed by atoms with Crippen molar-refractivity contribution >= 4 is 52.5 Å². The van der Waals surface area contributed by atoms with Gasteiger partial charge in [0.1, 0.15) is 11.1 Å². The Morgan fingerprint density at radius 3 is 2.50 bits per heavy atom. The van der Waals surface area contributed by atoms with Gasteiger partial charge in [-0.25, -0.2) is 9.78 Å². The van der Waals surface area contributed by atoms with Crippen LogP contribution in [0.15, 0.2) is 59.6 Å². The van der Waals surface area contributed by atoms with Crippen molar-refractivity contribution in [3.05, 3.63) is 75.8 Å². The Labute approximate surface area is 199 Å². The van der Waals surface area contributed by atoms with Crippen molar-refractivity contribution in [2.75, 3.05) is 5.32 Å². The second-order valence-corrected chi connectivity index (χ2v) is 8.71. The Balaban J connectivity index is 1.84. The zero-order chi connectivity index (χ0) is 23.3. The number of amides is 1. The summed E-state index contributed by atoms with van der Waals surface area (Å²) in [5.74, 6) is -1.52. The number of carbonyl (C=O) groups excluding carboxylic acids is 1. The minimum absolute atomic E-state index is 0.0822. The molecule has 0 radical (unpaired) electrons. The summed E-state index contributed by atoms with van der Waals surface area (Å²) in [7, 11) is 0. The van der Waals surface area contributed by atoms with Crippen molar-refractivity contribution in [1.29, 1.82) is 5.26 Å². The molecule has 3 aromatic rings. The summed E-state index contributed by atoms with van der Waals surface area (Å²) < 4.78 is 0. The van der Waals surface area contributed by atoms with E-state index < -0.39 is 11.2 Å². The van der Waals surface area contributed by atoms with Crippen LogP contribution in [-0.4, -0.2) is 27.2 Å². The number of nitrogens with zero attached hydrogens (tertiary/aromatic N) is 2. The molecular weight excluding hydrogens is 469 g/mol. The van der Waals surface area contributed by atoms with Crippen molar-refractivity contribution in [3.63, 3.8) is 0 Å². The van der Waals surface area contributed by atoms with Gasteiger partial charge in [0, 0.05) is 16.3 Å². The van der Waals surface area contributed by atoms with Gasteiger partial charge < -0.3 is 10.4 Å². The van der Waals surface area contributed by atoms with Crippen molar-refractivity contribution in [2.24, 2.45) is 0 Å². The molecule has 0 saturated carbocycles. The van der Waals surface area contributed by atoms with Gasteiger partial charge in [-0.1, -0.05) is 54.0 Å². The van der Waals surface area contributed by atoms with Crippen LogP contribution in [0.1, 0.15) is 29.3 Å². The van der Waals surface area contributed by atoms with E-state index >= 15 is 0 Å². The van der Waals surface area contributed by atoms with Crippen molar-refractivity contribution in [2.45, 2.75) is 23.6 Å². The van der Waals surface area contributed by atoms with Crippen LogP contribution in [0.4, 0.5) is 5.69 Å². The summed E-state index contributed by atoms with van der Waals surface area (Å²) in [5, 5.41) is 22.0. The maximum atomic E-state index is 12.9. The lowest BCUT2D eigenvalue weighted by Crippen LogP contribution is -2.25. The summed E-state index contributed by atoms with van der Waals surface area (Å²) in [6, 6.07) is 16.9. The molecule has 0 fully saturated rings. The van der Waals surface area contributed by atoms with E-state index in [9.17, 15) is 20.0 Å². The number of rotatable bonds is 7. The summed E-state index contributed by atoms with van der Waals surface area (Å²) in [4.78, 5) is 28.7. The number of nitrogens with one attached hydrogen (secondary N) is 1. The Kier molecular flexibility index (Phi) is 7.75. The first-order valence-electron chi connectivity index (χ1n) is 9.49. The summed E-state index contributed by atoms with van der Waals surface area (Å²) >= 11 is 13.0. The fourth-order valence-electron chi connectivity index (χ4n) is 2.84. The van der Waals surface area contributed by atoms with E-state index in [2.05, 4.69) is 16.4 Å².